The van der Waals surface area contributed by atoms with E-state index in [1.54, 1.807) is 24.3 Å². The monoisotopic (exact) mass is 612 g/mol. The number of anilines is 2. The Labute approximate surface area is 246 Å². The van der Waals surface area contributed by atoms with Gasteiger partial charge < -0.3 is 14.8 Å². The lowest BCUT2D eigenvalue weighted by atomic mass is 10.1. The highest BCUT2D eigenvalue weighted by Crippen LogP contribution is 2.32. The van der Waals surface area contributed by atoms with Gasteiger partial charge in [0, 0.05) is 34.7 Å². The van der Waals surface area contributed by atoms with Crippen LogP contribution in [0.1, 0.15) is 10.6 Å². The molecule has 212 valence electrons. The third-order valence-electron chi connectivity index (χ3n) is 6.02. The number of rotatable bonds is 12. The third-order valence-corrected chi connectivity index (χ3v) is 8.13. The van der Waals surface area contributed by atoms with Crippen LogP contribution in [0, 0.1) is 5.82 Å². The van der Waals surface area contributed by atoms with Crippen molar-refractivity contribution in [3.05, 3.63) is 93.8 Å². The van der Waals surface area contributed by atoms with Crippen molar-refractivity contribution in [3.8, 4) is 17.0 Å². The molecule has 0 saturated carbocycles. The summed E-state index contributed by atoms with van der Waals surface area (Å²) in [6.45, 7) is 0.769. The van der Waals surface area contributed by atoms with E-state index in [-0.39, 0.29) is 24.8 Å². The maximum absolute atomic E-state index is 13.4. The van der Waals surface area contributed by atoms with Crippen LogP contribution < -0.4 is 10.1 Å². The van der Waals surface area contributed by atoms with Crippen LogP contribution in [-0.2, 0) is 27.6 Å². The van der Waals surface area contributed by atoms with Crippen LogP contribution in [-0.4, -0.2) is 48.6 Å². The van der Waals surface area contributed by atoms with Crippen LogP contribution in [0.25, 0.3) is 22.2 Å². The number of halogens is 2. The minimum atomic E-state index is -3.04. The summed E-state index contributed by atoms with van der Waals surface area (Å²) in [7, 11) is -3.04. The molecule has 0 spiro atoms. The molecule has 1 N–H and O–H groups in total. The lowest BCUT2D eigenvalue weighted by molar-refractivity contribution is 0.152. The fourth-order valence-corrected chi connectivity index (χ4v) is 5.41. The Morgan fingerprint density at radius 1 is 1.05 bits per heavy atom. The molecule has 0 aliphatic heterocycles. The van der Waals surface area contributed by atoms with Gasteiger partial charge in [-0.1, -0.05) is 29.8 Å². The second kappa shape index (κ2) is 12.9. The Kier molecular flexibility index (Phi) is 9.09. The zero-order valence-electron chi connectivity index (χ0n) is 22.0. The normalized spacial score (nSPS) is 11.6. The van der Waals surface area contributed by atoms with Gasteiger partial charge in [0.15, 0.2) is 0 Å². The summed E-state index contributed by atoms with van der Waals surface area (Å²) < 4.78 is 47.1. The van der Waals surface area contributed by atoms with Gasteiger partial charge in [-0.2, -0.15) is 0 Å². The molecule has 0 unspecified atom stereocenters. The van der Waals surface area contributed by atoms with E-state index in [1.807, 2.05) is 29.6 Å². The van der Waals surface area contributed by atoms with Gasteiger partial charge in [0.1, 0.15) is 40.2 Å². The molecule has 5 rings (SSSR count). The molecule has 0 radical (unpaired) electrons. The predicted octanol–water partition coefficient (Wildman–Crippen LogP) is 6.47. The molecule has 5 aromatic rings. The predicted molar refractivity (Wildman–Crippen MR) is 160 cm³/mol. The summed E-state index contributed by atoms with van der Waals surface area (Å²) in [5.41, 5.74) is 3.92. The van der Waals surface area contributed by atoms with Gasteiger partial charge in [-0.05, 0) is 48.0 Å². The molecular formula is C29H26ClFN4O4S2. The van der Waals surface area contributed by atoms with Crippen molar-refractivity contribution in [2.75, 3.05) is 30.5 Å². The molecule has 0 bridgehead atoms. The van der Waals surface area contributed by atoms with Crippen LogP contribution in [0.15, 0.2) is 72.4 Å². The summed E-state index contributed by atoms with van der Waals surface area (Å²) in [5.74, 6) is 0.778. The van der Waals surface area contributed by atoms with Crippen LogP contribution in [0.5, 0.6) is 5.75 Å². The Hall–Kier alpha value is -3.64. The molecule has 3 aromatic carbocycles. The van der Waals surface area contributed by atoms with E-state index in [2.05, 4.69) is 15.3 Å². The maximum Gasteiger partial charge on any atom is 0.149 e. The van der Waals surface area contributed by atoms with E-state index in [4.69, 9.17) is 26.1 Å². The lowest BCUT2D eigenvalue weighted by Crippen LogP contribution is -2.11. The Balaban J connectivity index is 1.26. The van der Waals surface area contributed by atoms with Crippen LogP contribution >= 0.6 is 22.9 Å². The standard InChI is InChI=1S/C29H26ClFN4O4S2/c1-41(36,37)12-11-38-10-9-28-35-26(17-40-28)20-5-7-25-23(14-20)29(33-18-32-25)34-22-6-8-27(24(30)15-22)39-16-19-3-2-4-21(31)13-19/h2-8,13-15,17-18H,9-12,16H2,1H3,(H,32,33,34). The Morgan fingerprint density at radius 3 is 2.73 bits per heavy atom. The molecule has 0 aliphatic rings. The molecule has 0 fully saturated rings. The number of nitrogens with zero attached hydrogens (tertiary/aromatic N) is 3. The highest BCUT2D eigenvalue weighted by molar-refractivity contribution is 7.90. The lowest BCUT2D eigenvalue weighted by Gasteiger charge is -2.12. The maximum atomic E-state index is 13.4. The summed E-state index contributed by atoms with van der Waals surface area (Å²) in [6, 6.07) is 17.4. The average Bonchev–Trinajstić information content (AvgIpc) is 3.41. The van der Waals surface area contributed by atoms with E-state index >= 15 is 0 Å². The molecule has 2 heterocycles. The van der Waals surface area contributed by atoms with Crippen molar-refractivity contribution in [3.63, 3.8) is 0 Å². The first kappa shape index (κ1) is 28.9. The molecule has 12 heteroatoms. The first-order chi connectivity index (χ1) is 19.7. The summed E-state index contributed by atoms with van der Waals surface area (Å²) in [6.07, 6.45) is 3.28. The number of benzene rings is 3. The van der Waals surface area contributed by atoms with Crippen molar-refractivity contribution in [2.45, 2.75) is 13.0 Å². The minimum absolute atomic E-state index is 0.00629. The van der Waals surface area contributed by atoms with Crippen LogP contribution in [0.2, 0.25) is 5.02 Å². The molecule has 2 aromatic heterocycles. The molecule has 41 heavy (non-hydrogen) atoms. The van der Waals surface area contributed by atoms with E-state index in [0.29, 0.717) is 40.9 Å². The van der Waals surface area contributed by atoms with Gasteiger partial charge in [0.25, 0.3) is 0 Å². The second-order valence-electron chi connectivity index (χ2n) is 9.26. The second-order valence-corrected chi connectivity index (χ2v) is 12.9. The van der Waals surface area contributed by atoms with Gasteiger partial charge in [-0.3, -0.25) is 0 Å². The number of hydrogen-bond donors (Lipinski definition) is 1. The number of fused-ring (bicyclic) bond motifs is 1. The number of nitrogens with one attached hydrogen (secondary N) is 1. The van der Waals surface area contributed by atoms with Crippen molar-refractivity contribution < 1.29 is 22.3 Å². The Bertz CT molecular complexity index is 1780. The van der Waals surface area contributed by atoms with E-state index in [9.17, 15) is 12.8 Å². The zero-order chi connectivity index (χ0) is 28.8. The number of hydrogen-bond acceptors (Lipinski definition) is 9. The summed E-state index contributed by atoms with van der Waals surface area (Å²) in [4.78, 5) is 13.6. The van der Waals surface area contributed by atoms with Crippen molar-refractivity contribution in [1.82, 2.24) is 15.0 Å². The molecular weight excluding hydrogens is 587 g/mol. The van der Waals surface area contributed by atoms with Gasteiger partial charge in [-0.25, -0.2) is 27.8 Å². The highest BCUT2D eigenvalue weighted by atomic mass is 35.5. The highest BCUT2D eigenvalue weighted by Gasteiger charge is 2.11. The number of ether oxygens (including phenoxy) is 2. The Morgan fingerprint density at radius 2 is 1.93 bits per heavy atom. The van der Waals surface area contributed by atoms with Crippen molar-refractivity contribution in [1.29, 1.82) is 0 Å². The SMILES string of the molecule is CS(=O)(=O)CCOCCc1nc(-c2ccc3ncnc(Nc4ccc(OCc5cccc(F)c5)c(Cl)c4)c3c2)cs1. The summed E-state index contributed by atoms with van der Waals surface area (Å²) >= 11 is 8.00. The van der Waals surface area contributed by atoms with E-state index in [1.165, 1.54) is 36.1 Å². The quantitative estimate of drug-likeness (QED) is 0.160. The zero-order valence-corrected chi connectivity index (χ0v) is 24.4. The molecule has 0 saturated heterocycles. The molecule has 0 atom stereocenters. The van der Waals surface area contributed by atoms with Crippen LogP contribution in [0.4, 0.5) is 15.9 Å². The van der Waals surface area contributed by atoms with Gasteiger partial charge in [-0.15, -0.1) is 11.3 Å². The average molecular weight is 613 g/mol. The first-order valence-corrected chi connectivity index (χ1v) is 15.9. The first-order valence-electron chi connectivity index (χ1n) is 12.6. The van der Waals surface area contributed by atoms with Crippen molar-refractivity contribution in [2.24, 2.45) is 0 Å². The smallest absolute Gasteiger partial charge is 0.149 e. The van der Waals surface area contributed by atoms with Gasteiger partial charge in [0.05, 0.1) is 40.2 Å². The molecule has 8 nitrogen and oxygen atoms in total. The molecule has 0 aliphatic carbocycles. The topological polar surface area (TPSA) is 103 Å². The van der Waals surface area contributed by atoms with Crippen LogP contribution in [0.3, 0.4) is 0 Å². The fourth-order valence-electron chi connectivity index (χ4n) is 3.97. The molecule has 0 amide bonds. The van der Waals surface area contributed by atoms with Gasteiger partial charge in [0.2, 0.25) is 0 Å². The van der Waals surface area contributed by atoms with Gasteiger partial charge >= 0.3 is 0 Å². The minimum Gasteiger partial charge on any atom is -0.487 e. The van der Waals surface area contributed by atoms with Crippen molar-refractivity contribution >= 4 is 55.2 Å². The largest absolute Gasteiger partial charge is 0.487 e. The van der Waals surface area contributed by atoms with E-state index < -0.39 is 9.84 Å². The number of sulfone groups is 1. The number of thiazole rings is 1. The summed E-state index contributed by atoms with van der Waals surface area (Å²) in [5, 5.41) is 7.41. The number of aromatic nitrogens is 3. The third kappa shape index (κ3) is 7.98. The van der Waals surface area contributed by atoms with E-state index in [0.717, 1.165) is 27.2 Å². The fraction of sp³-hybridized carbons (Fsp3) is 0.207.